The van der Waals surface area contributed by atoms with Gasteiger partial charge in [-0.3, -0.25) is 4.79 Å². The van der Waals surface area contributed by atoms with E-state index in [9.17, 15) is 4.79 Å². The number of benzene rings is 1. The number of nitrogen functional groups attached to an aromatic ring is 1. The van der Waals surface area contributed by atoms with Gasteiger partial charge < -0.3 is 5.73 Å². The molecule has 0 amide bonds. The second-order valence-electron chi connectivity index (χ2n) is 2.61. The fourth-order valence-electron chi connectivity index (χ4n) is 0.876. The van der Waals surface area contributed by atoms with E-state index in [0.717, 1.165) is 5.56 Å². The number of hydrogen-bond acceptors (Lipinski definition) is 2. The normalized spacial score (nSPS) is 10.4. The molecule has 0 bridgehead atoms. The molecule has 2 nitrogen and oxygen atoms in total. The summed E-state index contributed by atoms with van der Waals surface area (Å²) in [6.45, 7) is 1.52. The lowest BCUT2D eigenvalue weighted by atomic mass is 10.2. The summed E-state index contributed by atoms with van der Waals surface area (Å²) in [6.07, 6.45) is 3.27. The maximum atomic E-state index is 10.6. The molecule has 0 heterocycles. The van der Waals surface area contributed by atoms with Gasteiger partial charge in [0.1, 0.15) is 0 Å². The van der Waals surface area contributed by atoms with Crippen LogP contribution in [0.5, 0.6) is 0 Å². The smallest absolute Gasteiger partial charge is 0.152 e. The van der Waals surface area contributed by atoms with Crippen molar-refractivity contribution in [3.8, 4) is 0 Å². The van der Waals surface area contributed by atoms with Crippen LogP contribution in [0.2, 0.25) is 0 Å². The predicted octanol–water partition coefficient (Wildman–Crippen LogP) is 1.87. The van der Waals surface area contributed by atoms with Crippen LogP contribution in [0.4, 0.5) is 5.69 Å². The van der Waals surface area contributed by atoms with Gasteiger partial charge in [-0.25, -0.2) is 0 Å². The average molecular weight is 161 g/mol. The molecule has 0 aromatic heterocycles. The second-order valence-corrected chi connectivity index (χ2v) is 2.61. The molecule has 12 heavy (non-hydrogen) atoms. The van der Waals surface area contributed by atoms with E-state index in [-0.39, 0.29) is 5.78 Å². The number of rotatable bonds is 2. The molecule has 1 aromatic carbocycles. The van der Waals surface area contributed by atoms with Crippen molar-refractivity contribution in [1.82, 2.24) is 0 Å². The van der Waals surface area contributed by atoms with Crippen molar-refractivity contribution in [2.45, 2.75) is 6.92 Å². The van der Waals surface area contributed by atoms with Gasteiger partial charge in [0.05, 0.1) is 0 Å². The third-order valence-corrected chi connectivity index (χ3v) is 1.42. The summed E-state index contributed by atoms with van der Waals surface area (Å²) in [6, 6.07) is 7.38. The molecule has 2 heteroatoms. The molecule has 0 spiro atoms. The molecule has 0 fully saturated rings. The predicted molar refractivity (Wildman–Crippen MR) is 50.6 cm³/mol. The lowest BCUT2D eigenvalue weighted by Crippen LogP contribution is -1.84. The lowest BCUT2D eigenvalue weighted by molar-refractivity contribution is -0.112. The first-order chi connectivity index (χ1) is 5.68. The quantitative estimate of drug-likeness (QED) is 0.531. The number of ketones is 1. The van der Waals surface area contributed by atoms with Crippen molar-refractivity contribution >= 4 is 17.5 Å². The van der Waals surface area contributed by atoms with E-state index in [1.54, 1.807) is 6.08 Å². The van der Waals surface area contributed by atoms with E-state index in [1.165, 1.54) is 13.0 Å². The zero-order chi connectivity index (χ0) is 8.97. The minimum atomic E-state index is 0.0393. The van der Waals surface area contributed by atoms with Crippen molar-refractivity contribution in [2.75, 3.05) is 5.73 Å². The first-order valence-electron chi connectivity index (χ1n) is 3.72. The van der Waals surface area contributed by atoms with Crippen molar-refractivity contribution in [1.29, 1.82) is 0 Å². The van der Waals surface area contributed by atoms with E-state index in [4.69, 9.17) is 5.73 Å². The van der Waals surface area contributed by atoms with Crippen LogP contribution in [0.1, 0.15) is 12.5 Å². The highest BCUT2D eigenvalue weighted by molar-refractivity contribution is 5.91. The second kappa shape index (κ2) is 3.72. The molecule has 0 unspecified atom stereocenters. The molecular formula is C10H11NO. The van der Waals surface area contributed by atoms with Gasteiger partial charge in [-0.2, -0.15) is 0 Å². The monoisotopic (exact) mass is 161 g/mol. The highest BCUT2D eigenvalue weighted by Crippen LogP contribution is 2.07. The van der Waals surface area contributed by atoms with Crippen molar-refractivity contribution in [2.24, 2.45) is 0 Å². The molecule has 62 valence electrons. The molecule has 0 aliphatic rings. The number of allylic oxidation sites excluding steroid dienone is 1. The topological polar surface area (TPSA) is 43.1 Å². The Morgan fingerprint density at radius 2 is 2.25 bits per heavy atom. The van der Waals surface area contributed by atoms with Crippen LogP contribution >= 0.6 is 0 Å². The third kappa shape index (κ3) is 2.58. The van der Waals surface area contributed by atoms with Crippen LogP contribution < -0.4 is 5.73 Å². The zero-order valence-corrected chi connectivity index (χ0v) is 6.95. The zero-order valence-electron chi connectivity index (χ0n) is 6.95. The lowest BCUT2D eigenvalue weighted by Gasteiger charge is -1.94. The summed E-state index contributed by atoms with van der Waals surface area (Å²) >= 11 is 0. The summed E-state index contributed by atoms with van der Waals surface area (Å²) in [5, 5.41) is 0. The highest BCUT2D eigenvalue weighted by atomic mass is 16.1. The van der Waals surface area contributed by atoms with Crippen molar-refractivity contribution < 1.29 is 4.79 Å². The first kappa shape index (κ1) is 8.53. The molecule has 1 rings (SSSR count). The van der Waals surface area contributed by atoms with Crippen LogP contribution in [-0.4, -0.2) is 5.78 Å². The summed E-state index contributed by atoms with van der Waals surface area (Å²) in [5.74, 6) is 0.0393. The first-order valence-corrected chi connectivity index (χ1v) is 3.72. The number of carbonyl (C=O) groups excluding carboxylic acids is 1. The molecule has 0 aliphatic heterocycles. The Morgan fingerprint density at radius 1 is 1.50 bits per heavy atom. The number of carbonyl (C=O) groups is 1. The molecule has 2 N–H and O–H groups in total. The van der Waals surface area contributed by atoms with Gasteiger partial charge in [-0.15, -0.1) is 0 Å². The molecule has 0 radical (unpaired) electrons. The minimum absolute atomic E-state index is 0.0393. The van der Waals surface area contributed by atoms with Crippen LogP contribution in [0.25, 0.3) is 6.08 Å². The minimum Gasteiger partial charge on any atom is -0.399 e. The van der Waals surface area contributed by atoms with Crippen LogP contribution in [0.3, 0.4) is 0 Å². The van der Waals surface area contributed by atoms with E-state index in [2.05, 4.69) is 0 Å². The Morgan fingerprint density at radius 3 is 2.83 bits per heavy atom. The molecule has 0 aliphatic carbocycles. The Balaban J connectivity index is 2.83. The summed E-state index contributed by atoms with van der Waals surface area (Å²) < 4.78 is 0. The SMILES string of the molecule is CC(=O)C=Cc1cccc(N)c1. The summed E-state index contributed by atoms with van der Waals surface area (Å²) in [7, 11) is 0. The fourth-order valence-corrected chi connectivity index (χ4v) is 0.876. The van der Waals surface area contributed by atoms with Crippen LogP contribution in [0, 0.1) is 0 Å². The Labute approximate surface area is 71.7 Å². The molecular weight excluding hydrogens is 150 g/mol. The van der Waals surface area contributed by atoms with Gasteiger partial charge in [-0.1, -0.05) is 18.2 Å². The number of hydrogen-bond donors (Lipinski definition) is 1. The van der Waals surface area contributed by atoms with E-state index in [1.807, 2.05) is 24.3 Å². The maximum absolute atomic E-state index is 10.6. The summed E-state index contributed by atoms with van der Waals surface area (Å²) in [5.41, 5.74) is 7.20. The fraction of sp³-hybridized carbons (Fsp3) is 0.100. The average Bonchev–Trinajstić information content (AvgIpc) is 2.01. The van der Waals surface area contributed by atoms with E-state index < -0.39 is 0 Å². The van der Waals surface area contributed by atoms with Crippen molar-refractivity contribution in [3.05, 3.63) is 35.9 Å². The maximum Gasteiger partial charge on any atom is 0.152 e. The Hall–Kier alpha value is -1.57. The van der Waals surface area contributed by atoms with E-state index >= 15 is 0 Å². The number of nitrogens with two attached hydrogens (primary N) is 1. The molecule has 1 aromatic rings. The Bertz CT molecular complexity index is 315. The van der Waals surface area contributed by atoms with E-state index in [0.29, 0.717) is 5.69 Å². The largest absolute Gasteiger partial charge is 0.399 e. The van der Waals surface area contributed by atoms with Gasteiger partial charge in [-0.05, 0) is 30.7 Å². The van der Waals surface area contributed by atoms with Crippen molar-refractivity contribution in [3.63, 3.8) is 0 Å². The molecule has 0 saturated carbocycles. The Kier molecular flexibility index (Phi) is 2.64. The molecule has 0 atom stereocenters. The van der Waals surface area contributed by atoms with Gasteiger partial charge >= 0.3 is 0 Å². The van der Waals surface area contributed by atoms with Crippen LogP contribution in [-0.2, 0) is 4.79 Å². The third-order valence-electron chi connectivity index (χ3n) is 1.42. The van der Waals surface area contributed by atoms with Gasteiger partial charge in [0, 0.05) is 5.69 Å². The van der Waals surface area contributed by atoms with Crippen LogP contribution in [0.15, 0.2) is 30.3 Å². The highest BCUT2D eigenvalue weighted by Gasteiger charge is 1.88. The number of anilines is 1. The summed E-state index contributed by atoms with van der Waals surface area (Å²) in [4.78, 5) is 10.6. The van der Waals surface area contributed by atoms with Gasteiger partial charge in [0.15, 0.2) is 5.78 Å². The van der Waals surface area contributed by atoms with Gasteiger partial charge in [0.2, 0.25) is 0 Å². The molecule has 0 saturated heterocycles. The van der Waals surface area contributed by atoms with Gasteiger partial charge in [0.25, 0.3) is 0 Å². The standard InChI is InChI=1S/C10H11NO/c1-8(12)5-6-9-3-2-4-10(11)7-9/h2-7H,11H2,1H3.